The third-order valence-corrected chi connectivity index (χ3v) is 3.86. The maximum atomic E-state index is 12.2. The summed E-state index contributed by atoms with van der Waals surface area (Å²) in [4.78, 5) is 14.4. The number of likely N-dealkylation sites (tertiary alicyclic amines) is 1. The van der Waals surface area contributed by atoms with E-state index in [1.165, 1.54) is 0 Å². The zero-order valence-corrected chi connectivity index (χ0v) is 11.9. The van der Waals surface area contributed by atoms with E-state index in [1.54, 1.807) is 0 Å². The van der Waals surface area contributed by atoms with Gasteiger partial charge < -0.3 is 5.11 Å². The Labute approximate surface area is 115 Å². The Kier molecular flexibility index (Phi) is 4.38. The van der Waals surface area contributed by atoms with Crippen LogP contribution < -0.4 is 0 Å². The summed E-state index contributed by atoms with van der Waals surface area (Å²) < 4.78 is 0. The van der Waals surface area contributed by atoms with Gasteiger partial charge >= 0.3 is 0 Å². The summed E-state index contributed by atoms with van der Waals surface area (Å²) in [6, 6.07) is 7.75. The summed E-state index contributed by atoms with van der Waals surface area (Å²) in [5.74, 6) is 0.172. The van der Waals surface area contributed by atoms with Gasteiger partial charge in [-0.25, -0.2) is 0 Å². The Morgan fingerprint density at radius 2 is 2.16 bits per heavy atom. The predicted octanol–water partition coefficient (Wildman–Crippen LogP) is 2.41. The van der Waals surface area contributed by atoms with Crippen molar-refractivity contribution in [1.29, 1.82) is 0 Å². The van der Waals surface area contributed by atoms with E-state index >= 15 is 0 Å². The third kappa shape index (κ3) is 4.15. The second-order valence-corrected chi connectivity index (χ2v) is 5.92. The molecule has 0 bridgehead atoms. The lowest BCUT2D eigenvalue weighted by atomic mass is 9.98. The number of hydrogen-bond donors (Lipinski definition) is 1. The van der Waals surface area contributed by atoms with E-state index in [4.69, 9.17) is 0 Å². The van der Waals surface area contributed by atoms with Gasteiger partial charge in [-0.2, -0.15) is 0 Å². The van der Waals surface area contributed by atoms with Gasteiger partial charge in [0.25, 0.3) is 0 Å². The highest BCUT2D eigenvalue weighted by molar-refractivity contribution is 5.97. The number of aryl methyl sites for hydroxylation is 1. The molecule has 0 amide bonds. The Hall–Kier alpha value is -1.19. The summed E-state index contributed by atoms with van der Waals surface area (Å²) in [5, 5.41) is 10.0. The van der Waals surface area contributed by atoms with Gasteiger partial charge in [0.05, 0.1) is 12.1 Å². The lowest BCUT2D eigenvalue weighted by Gasteiger charge is -2.21. The van der Waals surface area contributed by atoms with E-state index < -0.39 is 5.60 Å². The molecule has 1 saturated heterocycles. The van der Waals surface area contributed by atoms with Gasteiger partial charge in [0.15, 0.2) is 5.78 Å². The minimum Gasteiger partial charge on any atom is -0.390 e. The number of carbonyl (C=O) groups excluding carboxylic acids is 1. The highest BCUT2D eigenvalue weighted by Gasteiger charge is 2.25. The minimum atomic E-state index is -0.568. The van der Waals surface area contributed by atoms with Crippen LogP contribution in [-0.4, -0.2) is 41.0 Å². The lowest BCUT2D eigenvalue weighted by molar-refractivity contribution is 0.0444. The minimum absolute atomic E-state index is 0.172. The smallest absolute Gasteiger partial charge is 0.176 e. The van der Waals surface area contributed by atoms with Crippen molar-refractivity contribution in [3.63, 3.8) is 0 Å². The second kappa shape index (κ2) is 5.85. The zero-order valence-electron chi connectivity index (χ0n) is 11.9. The highest BCUT2D eigenvalue weighted by atomic mass is 16.3. The first kappa shape index (κ1) is 14.2. The summed E-state index contributed by atoms with van der Waals surface area (Å²) in [5.41, 5.74) is 1.34. The Morgan fingerprint density at radius 3 is 2.89 bits per heavy atom. The van der Waals surface area contributed by atoms with Crippen LogP contribution in [-0.2, 0) is 0 Å². The first-order valence-corrected chi connectivity index (χ1v) is 7.01. The van der Waals surface area contributed by atoms with Gasteiger partial charge in [0.1, 0.15) is 0 Å². The molecule has 1 aromatic carbocycles. The number of benzene rings is 1. The largest absolute Gasteiger partial charge is 0.390 e. The van der Waals surface area contributed by atoms with E-state index in [0.29, 0.717) is 6.54 Å². The molecule has 1 N–H and O–H groups in total. The first-order valence-electron chi connectivity index (χ1n) is 7.01. The fourth-order valence-electron chi connectivity index (χ4n) is 2.59. The molecule has 1 aromatic rings. The molecular weight excluding hydrogens is 238 g/mol. The molecule has 1 heterocycles. The standard InChI is InChI=1S/C16H23NO2/c1-13-5-3-6-14(11-13)15(18)12-17-9-4-7-16(2,19)8-10-17/h3,5-6,11,19H,4,7-10,12H2,1-2H3. The van der Waals surface area contributed by atoms with Crippen molar-refractivity contribution in [2.75, 3.05) is 19.6 Å². The molecule has 0 spiro atoms. The quantitative estimate of drug-likeness (QED) is 0.849. The van der Waals surface area contributed by atoms with Crippen LogP contribution in [0.1, 0.15) is 42.1 Å². The second-order valence-electron chi connectivity index (χ2n) is 5.92. The van der Waals surface area contributed by atoms with E-state index in [1.807, 2.05) is 38.1 Å². The molecule has 2 rings (SSSR count). The molecule has 19 heavy (non-hydrogen) atoms. The number of nitrogens with zero attached hydrogens (tertiary/aromatic N) is 1. The topological polar surface area (TPSA) is 40.5 Å². The van der Waals surface area contributed by atoms with Crippen LogP contribution >= 0.6 is 0 Å². The molecule has 3 nitrogen and oxygen atoms in total. The molecule has 1 fully saturated rings. The van der Waals surface area contributed by atoms with Gasteiger partial charge in [-0.3, -0.25) is 9.69 Å². The Bertz CT molecular complexity index is 454. The number of aliphatic hydroxyl groups is 1. The normalized spacial score (nSPS) is 25.0. The summed E-state index contributed by atoms with van der Waals surface area (Å²) in [6.45, 7) is 6.04. The number of hydrogen-bond acceptors (Lipinski definition) is 3. The van der Waals surface area contributed by atoms with Crippen molar-refractivity contribution < 1.29 is 9.90 Å². The van der Waals surface area contributed by atoms with Gasteiger partial charge in [-0.05, 0) is 45.7 Å². The molecule has 3 heteroatoms. The van der Waals surface area contributed by atoms with Crippen LogP contribution in [0.4, 0.5) is 0 Å². The summed E-state index contributed by atoms with van der Waals surface area (Å²) in [6.07, 6.45) is 2.52. The fourth-order valence-corrected chi connectivity index (χ4v) is 2.59. The van der Waals surface area contributed by atoms with Crippen LogP contribution in [0.2, 0.25) is 0 Å². The monoisotopic (exact) mass is 261 g/mol. The molecule has 1 aliphatic heterocycles. The molecule has 1 aliphatic rings. The van der Waals surface area contributed by atoms with Crippen LogP contribution in [0, 0.1) is 6.92 Å². The molecule has 0 aromatic heterocycles. The van der Waals surface area contributed by atoms with Crippen molar-refractivity contribution in [2.24, 2.45) is 0 Å². The first-order chi connectivity index (χ1) is 8.96. The molecule has 1 unspecified atom stereocenters. The van der Waals surface area contributed by atoms with Crippen molar-refractivity contribution >= 4 is 5.78 Å². The van der Waals surface area contributed by atoms with Gasteiger partial charge in [0.2, 0.25) is 0 Å². The van der Waals surface area contributed by atoms with Crippen LogP contribution in [0.15, 0.2) is 24.3 Å². The van der Waals surface area contributed by atoms with Crippen molar-refractivity contribution in [3.8, 4) is 0 Å². The van der Waals surface area contributed by atoms with E-state index in [9.17, 15) is 9.90 Å². The average molecular weight is 261 g/mol. The maximum Gasteiger partial charge on any atom is 0.176 e. The maximum absolute atomic E-state index is 12.2. The molecular formula is C16H23NO2. The van der Waals surface area contributed by atoms with Gasteiger partial charge in [0, 0.05) is 12.1 Å². The Morgan fingerprint density at radius 1 is 1.37 bits per heavy atom. The SMILES string of the molecule is Cc1cccc(C(=O)CN2CCCC(C)(O)CC2)c1. The summed E-state index contributed by atoms with van der Waals surface area (Å²) >= 11 is 0. The fraction of sp³-hybridized carbons (Fsp3) is 0.562. The number of carbonyl (C=O) groups is 1. The number of rotatable bonds is 3. The molecule has 104 valence electrons. The van der Waals surface area contributed by atoms with Gasteiger partial charge in [-0.15, -0.1) is 0 Å². The van der Waals surface area contributed by atoms with Crippen LogP contribution in [0.3, 0.4) is 0 Å². The lowest BCUT2D eigenvalue weighted by Crippen LogP contribution is -2.32. The highest BCUT2D eigenvalue weighted by Crippen LogP contribution is 2.21. The molecule has 1 atom stereocenters. The van der Waals surface area contributed by atoms with Crippen LogP contribution in [0.5, 0.6) is 0 Å². The van der Waals surface area contributed by atoms with Crippen molar-refractivity contribution in [2.45, 2.75) is 38.7 Å². The van der Waals surface area contributed by atoms with Gasteiger partial charge in [-0.1, -0.05) is 23.8 Å². The number of ketones is 1. The van der Waals surface area contributed by atoms with E-state index in [2.05, 4.69) is 4.90 Å². The third-order valence-electron chi connectivity index (χ3n) is 3.86. The zero-order chi connectivity index (χ0) is 13.9. The van der Waals surface area contributed by atoms with E-state index in [-0.39, 0.29) is 5.78 Å². The van der Waals surface area contributed by atoms with Crippen molar-refractivity contribution in [1.82, 2.24) is 4.90 Å². The van der Waals surface area contributed by atoms with E-state index in [0.717, 1.165) is 43.5 Å². The van der Waals surface area contributed by atoms with Crippen molar-refractivity contribution in [3.05, 3.63) is 35.4 Å². The number of Topliss-reactive ketones (excluding diaryl/α,β-unsaturated/α-hetero) is 1. The molecule has 0 radical (unpaired) electrons. The molecule has 0 aliphatic carbocycles. The average Bonchev–Trinajstić information content (AvgIpc) is 2.51. The molecule has 0 saturated carbocycles. The Balaban J connectivity index is 1.96. The summed E-state index contributed by atoms with van der Waals surface area (Å²) in [7, 11) is 0. The predicted molar refractivity (Wildman–Crippen MR) is 76.4 cm³/mol. The van der Waals surface area contributed by atoms with Crippen LogP contribution in [0.25, 0.3) is 0 Å².